The molecule has 0 radical (unpaired) electrons. The number of nitrogens with one attached hydrogen (secondary N) is 1. The molecule has 0 bridgehead atoms. The number of hydrogen-bond acceptors (Lipinski definition) is 6. The molecule has 0 aromatic heterocycles. The van der Waals surface area contributed by atoms with Crippen molar-refractivity contribution in [2.24, 2.45) is 5.16 Å². The predicted molar refractivity (Wildman–Crippen MR) is 133 cm³/mol. The molecular weight excluding hydrogens is 466 g/mol. The zero-order valence-corrected chi connectivity index (χ0v) is 20.1. The van der Waals surface area contributed by atoms with Crippen LogP contribution in [-0.2, 0) is 19.7 Å². The lowest BCUT2D eigenvalue weighted by Crippen LogP contribution is -2.46. The van der Waals surface area contributed by atoms with Crippen LogP contribution in [0.1, 0.15) is 18.1 Å². The topological polar surface area (TPSA) is 108 Å². The van der Waals surface area contributed by atoms with E-state index in [0.717, 1.165) is 15.4 Å². The minimum atomic E-state index is -4.00. The summed E-state index contributed by atoms with van der Waals surface area (Å²) in [6.45, 7) is -0.105. The molecule has 8 nitrogen and oxygen atoms in total. The Hall–Kier alpha value is -3.53. The first-order chi connectivity index (χ1) is 16.9. The zero-order chi connectivity index (χ0) is 24.8. The van der Waals surface area contributed by atoms with E-state index in [1.165, 1.54) is 19.2 Å². The van der Waals surface area contributed by atoms with Crippen LogP contribution in [0.3, 0.4) is 0 Å². The van der Waals surface area contributed by atoms with Crippen LogP contribution in [-0.4, -0.2) is 55.7 Å². The van der Waals surface area contributed by atoms with Gasteiger partial charge < -0.3 is 15.3 Å². The fraction of sp³-hybridized carbons (Fsp3) is 0.231. The summed E-state index contributed by atoms with van der Waals surface area (Å²) < 4.78 is 28.1. The number of nitrogens with zero attached hydrogens (tertiary/aromatic N) is 2. The maximum Gasteiger partial charge on any atom is 0.244 e. The van der Waals surface area contributed by atoms with E-state index >= 15 is 0 Å². The molecule has 0 saturated carbocycles. The van der Waals surface area contributed by atoms with Crippen LogP contribution >= 0.6 is 0 Å². The first-order valence-electron chi connectivity index (χ1n) is 11.2. The van der Waals surface area contributed by atoms with Crippen LogP contribution in [0.4, 0.5) is 0 Å². The van der Waals surface area contributed by atoms with Crippen molar-refractivity contribution < 1.29 is 23.2 Å². The Labute approximate surface area is 204 Å². The van der Waals surface area contributed by atoms with E-state index < -0.39 is 28.1 Å². The Bertz CT molecular complexity index is 1280. The first-order valence-corrected chi connectivity index (χ1v) is 12.6. The van der Waals surface area contributed by atoms with Crippen LogP contribution in [0.25, 0.3) is 11.1 Å². The van der Waals surface area contributed by atoms with Crippen LogP contribution in [0, 0.1) is 0 Å². The molecule has 2 N–H and O–H groups in total. The van der Waals surface area contributed by atoms with Gasteiger partial charge in [-0.05, 0) is 28.8 Å². The van der Waals surface area contributed by atoms with Gasteiger partial charge in [-0.1, -0.05) is 78.0 Å². The van der Waals surface area contributed by atoms with Crippen molar-refractivity contribution in [3.8, 4) is 11.1 Å². The van der Waals surface area contributed by atoms with E-state index in [0.29, 0.717) is 11.3 Å². The number of benzene rings is 3. The van der Waals surface area contributed by atoms with Crippen molar-refractivity contribution in [3.63, 3.8) is 0 Å². The van der Waals surface area contributed by atoms with E-state index in [1.807, 2.05) is 36.4 Å². The molecule has 182 valence electrons. The molecule has 4 rings (SSSR count). The van der Waals surface area contributed by atoms with Gasteiger partial charge in [0.2, 0.25) is 15.9 Å². The van der Waals surface area contributed by atoms with Gasteiger partial charge in [-0.3, -0.25) is 4.79 Å². The smallest absolute Gasteiger partial charge is 0.244 e. The van der Waals surface area contributed by atoms with Crippen LogP contribution < -0.4 is 5.32 Å². The Morgan fingerprint density at radius 2 is 1.63 bits per heavy atom. The number of hydrogen-bond donors (Lipinski definition) is 2. The van der Waals surface area contributed by atoms with Crippen LogP contribution in [0.5, 0.6) is 0 Å². The molecule has 1 aliphatic heterocycles. The lowest BCUT2D eigenvalue weighted by molar-refractivity contribution is -0.124. The molecule has 1 fully saturated rings. The summed E-state index contributed by atoms with van der Waals surface area (Å²) in [7, 11) is -2.63. The number of sulfonamides is 1. The molecular formula is C26H27N3O5S. The fourth-order valence-electron chi connectivity index (χ4n) is 4.04. The second kappa shape index (κ2) is 10.8. The standard InChI is InChI=1S/C26H27N3O5S/c1-34-28-22-16-24(26(31)27-17-25(30)21-10-6-3-7-11-21)29(18-22)35(32,33)23-14-12-20(13-15-23)19-8-4-2-5-9-19/h2-15,24-25,30H,16-18H2,1H3,(H,27,31)/t24-,25-/m0/s1. The summed E-state index contributed by atoms with van der Waals surface area (Å²) >= 11 is 0. The normalized spacial score (nSPS) is 18.3. The van der Waals surface area contributed by atoms with Gasteiger partial charge in [-0.25, -0.2) is 8.42 Å². The number of aliphatic hydroxyl groups excluding tert-OH is 1. The number of amides is 1. The molecule has 0 aliphatic carbocycles. The Kier molecular flexibility index (Phi) is 7.60. The zero-order valence-electron chi connectivity index (χ0n) is 19.2. The van der Waals surface area contributed by atoms with Crippen LogP contribution in [0.2, 0.25) is 0 Å². The Balaban J connectivity index is 1.53. The highest BCUT2D eigenvalue weighted by atomic mass is 32.2. The summed E-state index contributed by atoms with van der Waals surface area (Å²) in [6.07, 6.45) is -0.813. The van der Waals surface area contributed by atoms with Gasteiger partial charge in [-0.2, -0.15) is 4.31 Å². The van der Waals surface area contributed by atoms with Crippen molar-refractivity contribution in [1.29, 1.82) is 0 Å². The molecule has 3 aromatic carbocycles. The molecule has 0 spiro atoms. The SMILES string of the molecule is CON=C1C[C@@H](C(=O)NC[C@H](O)c2ccccc2)N(S(=O)(=O)c2ccc(-c3ccccc3)cc2)C1. The highest BCUT2D eigenvalue weighted by Gasteiger charge is 2.42. The van der Waals surface area contributed by atoms with E-state index in [4.69, 9.17) is 4.84 Å². The molecule has 0 unspecified atom stereocenters. The van der Waals surface area contributed by atoms with Crippen molar-refractivity contribution in [2.75, 3.05) is 20.2 Å². The van der Waals surface area contributed by atoms with Crippen molar-refractivity contribution in [3.05, 3.63) is 90.5 Å². The number of carbonyl (C=O) groups excluding carboxylic acids is 1. The third-order valence-electron chi connectivity index (χ3n) is 5.86. The lowest BCUT2D eigenvalue weighted by atomic mass is 10.1. The van der Waals surface area contributed by atoms with E-state index in [9.17, 15) is 18.3 Å². The maximum absolute atomic E-state index is 13.5. The third-order valence-corrected chi connectivity index (χ3v) is 7.73. The molecule has 2 atom stereocenters. The third kappa shape index (κ3) is 5.59. The van der Waals surface area contributed by atoms with E-state index in [2.05, 4.69) is 10.5 Å². The number of oxime groups is 1. The number of carbonyl (C=O) groups is 1. The fourth-order valence-corrected chi connectivity index (χ4v) is 5.62. The Morgan fingerprint density at radius 3 is 2.26 bits per heavy atom. The summed E-state index contributed by atoms with van der Waals surface area (Å²) in [4.78, 5) is 18.0. The number of rotatable bonds is 8. The Morgan fingerprint density at radius 1 is 1.03 bits per heavy atom. The molecule has 1 amide bonds. The van der Waals surface area contributed by atoms with Gasteiger partial charge in [-0.15, -0.1) is 0 Å². The second-order valence-corrected chi connectivity index (χ2v) is 10.1. The maximum atomic E-state index is 13.5. The van der Waals surface area contributed by atoms with Gasteiger partial charge in [0.25, 0.3) is 0 Å². The predicted octanol–water partition coefficient (Wildman–Crippen LogP) is 2.97. The highest BCUT2D eigenvalue weighted by molar-refractivity contribution is 7.89. The minimum Gasteiger partial charge on any atom is -0.399 e. The molecule has 9 heteroatoms. The largest absolute Gasteiger partial charge is 0.399 e. The summed E-state index contributed by atoms with van der Waals surface area (Å²) in [6, 6.07) is 24.1. The van der Waals surface area contributed by atoms with Gasteiger partial charge in [0.15, 0.2) is 0 Å². The minimum absolute atomic E-state index is 0.0459. The molecule has 1 saturated heterocycles. The van der Waals surface area contributed by atoms with Gasteiger partial charge in [0.1, 0.15) is 13.2 Å². The van der Waals surface area contributed by atoms with Crippen molar-refractivity contribution in [2.45, 2.75) is 23.5 Å². The molecule has 1 aliphatic rings. The summed E-state index contributed by atoms with van der Waals surface area (Å²) in [5.41, 5.74) is 2.96. The van der Waals surface area contributed by atoms with Gasteiger partial charge >= 0.3 is 0 Å². The average molecular weight is 494 g/mol. The lowest BCUT2D eigenvalue weighted by Gasteiger charge is -2.23. The number of aliphatic hydroxyl groups is 1. The summed E-state index contributed by atoms with van der Waals surface area (Å²) in [5, 5.41) is 17.0. The molecule has 35 heavy (non-hydrogen) atoms. The highest BCUT2D eigenvalue weighted by Crippen LogP contribution is 2.28. The monoisotopic (exact) mass is 493 g/mol. The van der Waals surface area contributed by atoms with Crippen LogP contribution in [0.15, 0.2) is 95.0 Å². The first kappa shape index (κ1) is 24.6. The molecule has 3 aromatic rings. The van der Waals surface area contributed by atoms with Crippen molar-refractivity contribution in [1.82, 2.24) is 9.62 Å². The van der Waals surface area contributed by atoms with E-state index in [1.54, 1.807) is 36.4 Å². The van der Waals surface area contributed by atoms with Crippen molar-refractivity contribution >= 4 is 21.6 Å². The van der Waals surface area contributed by atoms with Gasteiger partial charge in [0, 0.05) is 13.0 Å². The summed E-state index contributed by atoms with van der Waals surface area (Å²) in [5.74, 6) is -0.509. The van der Waals surface area contributed by atoms with Gasteiger partial charge in [0.05, 0.1) is 23.3 Å². The second-order valence-electron chi connectivity index (χ2n) is 8.17. The van der Waals surface area contributed by atoms with E-state index in [-0.39, 0.29) is 24.4 Å². The average Bonchev–Trinajstić information content (AvgIpc) is 3.33. The quantitative estimate of drug-likeness (QED) is 0.469. The molecule has 1 heterocycles.